The van der Waals surface area contributed by atoms with Crippen molar-refractivity contribution in [2.45, 2.75) is 76.1 Å². The summed E-state index contributed by atoms with van der Waals surface area (Å²) in [7, 11) is 0. The van der Waals surface area contributed by atoms with Gasteiger partial charge in [0.1, 0.15) is 17.0 Å². The fourth-order valence-corrected chi connectivity index (χ4v) is 9.72. The molecular formula is C52H49N7O2. The van der Waals surface area contributed by atoms with Crippen LogP contribution in [-0.2, 0) is 28.9 Å². The van der Waals surface area contributed by atoms with Crippen LogP contribution in [0.5, 0.6) is 0 Å². The van der Waals surface area contributed by atoms with Gasteiger partial charge in [-0.1, -0.05) is 159 Å². The van der Waals surface area contributed by atoms with Gasteiger partial charge in [0.15, 0.2) is 5.82 Å². The standard InChI is InChI=1S/C52H49N7O2/c1-3-4-26-48-53-47-32-31-42(51(2)35-43-23-16-33-58(43)61-51)34-46(47)50(60)57(48)36-37-27-29-38(30-28-37)44-24-14-15-25-45(44)49-54-55-56-59(49)52(39-17-8-5-9-18-39,40-19-10-6-11-20-40)41-21-12-7-13-22-41/h5-15,17-22,24-25,27-32,34,43H,3-4,16,23,26,33,35-36H2,1-2H3/t43-,51+/m0/s1. The predicted molar refractivity (Wildman–Crippen MR) is 240 cm³/mol. The summed E-state index contributed by atoms with van der Waals surface area (Å²) in [5, 5.41) is 16.7. The van der Waals surface area contributed by atoms with Gasteiger partial charge in [-0.25, -0.2) is 9.67 Å². The molecule has 2 atom stereocenters. The van der Waals surface area contributed by atoms with Crippen LogP contribution in [0.4, 0.5) is 0 Å². The number of hydrogen-bond acceptors (Lipinski definition) is 7. The molecule has 2 aromatic heterocycles. The Hall–Kier alpha value is -6.55. The topological polar surface area (TPSA) is 91.0 Å². The number of aryl methyl sites for hydroxylation is 1. The van der Waals surface area contributed by atoms with Gasteiger partial charge in [-0.15, -0.1) is 5.10 Å². The molecule has 2 aliphatic heterocycles. The number of tetrazole rings is 1. The largest absolute Gasteiger partial charge is 0.292 e. The monoisotopic (exact) mass is 803 g/mol. The van der Waals surface area contributed by atoms with E-state index in [1.807, 2.05) is 45.6 Å². The van der Waals surface area contributed by atoms with Crippen LogP contribution in [0.2, 0.25) is 0 Å². The van der Waals surface area contributed by atoms with E-state index in [4.69, 9.17) is 20.1 Å². The van der Waals surface area contributed by atoms with Gasteiger partial charge in [0.2, 0.25) is 0 Å². The molecule has 6 aromatic carbocycles. The van der Waals surface area contributed by atoms with E-state index in [0.29, 0.717) is 23.8 Å². The summed E-state index contributed by atoms with van der Waals surface area (Å²) in [6.45, 7) is 5.70. The zero-order valence-electron chi connectivity index (χ0n) is 34.7. The van der Waals surface area contributed by atoms with Crippen LogP contribution < -0.4 is 5.56 Å². The second-order valence-corrected chi connectivity index (χ2v) is 16.7. The third kappa shape index (κ3) is 6.88. The molecule has 0 spiro atoms. The van der Waals surface area contributed by atoms with Gasteiger partial charge in [0.25, 0.3) is 5.56 Å². The van der Waals surface area contributed by atoms with Crippen molar-refractivity contribution < 1.29 is 4.84 Å². The number of benzene rings is 6. The van der Waals surface area contributed by atoms with Crippen LogP contribution in [0.25, 0.3) is 33.4 Å². The normalized spacial score (nSPS) is 17.8. The molecule has 304 valence electrons. The first kappa shape index (κ1) is 38.6. The number of fused-ring (bicyclic) bond motifs is 2. The van der Waals surface area contributed by atoms with E-state index in [9.17, 15) is 4.79 Å². The minimum Gasteiger partial charge on any atom is -0.292 e. The fourth-order valence-electron chi connectivity index (χ4n) is 9.72. The SMILES string of the molecule is CCCCc1nc2ccc([C@@]3(C)C[C@@H]4CCCN4O3)cc2c(=O)n1Cc1ccc(-c2ccccc2-c2nnnn2C(c2ccccc2)(c2ccccc2)c2ccccc2)cc1. The molecule has 0 saturated carbocycles. The lowest BCUT2D eigenvalue weighted by Crippen LogP contribution is -2.39. The second-order valence-electron chi connectivity index (χ2n) is 16.7. The fraction of sp³-hybridized carbons (Fsp3) is 0.250. The number of unbranched alkanes of at least 4 members (excludes halogenated alkanes) is 1. The zero-order chi connectivity index (χ0) is 41.4. The molecule has 0 N–H and O–H groups in total. The van der Waals surface area contributed by atoms with Gasteiger partial charge < -0.3 is 0 Å². The van der Waals surface area contributed by atoms with Crippen LogP contribution in [0.1, 0.15) is 79.6 Å². The maximum Gasteiger partial charge on any atom is 0.261 e. The molecule has 0 unspecified atom stereocenters. The van der Waals surface area contributed by atoms with Gasteiger partial charge in [-0.2, -0.15) is 5.06 Å². The summed E-state index contributed by atoms with van der Waals surface area (Å²) in [6.07, 6.45) is 5.94. The highest BCUT2D eigenvalue weighted by molar-refractivity contribution is 5.81. The van der Waals surface area contributed by atoms with Crippen molar-refractivity contribution in [2.24, 2.45) is 0 Å². The first-order valence-electron chi connectivity index (χ1n) is 21.6. The lowest BCUT2D eigenvalue weighted by atomic mass is 9.77. The van der Waals surface area contributed by atoms with Gasteiger partial charge in [-0.3, -0.25) is 14.2 Å². The lowest BCUT2D eigenvalue weighted by Gasteiger charge is -2.36. The highest BCUT2D eigenvalue weighted by atomic mass is 16.7. The van der Waals surface area contributed by atoms with Crippen molar-refractivity contribution in [2.75, 3.05) is 6.54 Å². The Morgan fingerprint density at radius 2 is 1.41 bits per heavy atom. The molecule has 61 heavy (non-hydrogen) atoms. The molecule has 10 rings (SSSR count). The van der Waals surface area contributed by atoms with Crippen LogP contribution in [0.15, 0.2) is 163 Å². The van der Waals surface area contributed by atoms with Crippen molar-refractivity contribution in [3.8, 4) is 22.5 Å². The Bertz CT molecular complexity index is 2750. The summed E-state index contributed by atoms with van der Waals surface area (Å²) in [4.78, 5) is 26.1. The maximum atomic E-state index is 14.5. The average Bonchev–Trinajstić information content (AvgIpc) is 4.05. The predicted octanol–water partition coefficient (Wildman–Crippen LogP) is 9.96. The van der Waals surface area contributed by atoms with E-state index in [1.54, 1.807) is 0 Å². The lowest BCUT2D eigenvalue weighted by molar-refractivity contribution is -0.192. The first-order valence-corrected chi connectivity index (χ1v) is 21.6. The number of hydrogen-bond donors (Lipinski definition) is 0. The number of rotatable bonds is 12. The molecule has 2 saturated heterocycles. The third-order valence-corrected chi connectivity index (χ3v) is 12.8. The molecule has 2 fully saturated rings. The van der Waals surface area contributed by atoms with E-state index in [2.05, 4.69) is 145 Å². The summed E-state index contributed by atoms with van der Waals surface area (Å²) < 4.78 is 3.86. The van der Waals surface area contributed by atoms with E-state index >= 15 is 0 Å². The van der Waals surface area contributed by atoms with Crippen LogP contribution in [0.3, 0.4) is 0 Å². The van der Waals surface area contributed by atoms with E-state index in [1.165, 1.54) is 6.42 Å². The molecular weight excluding hydrogens is 755 g/mol. The molecule has 0 aliphatic carbocycles. The number of hydroxylamine groups is 2. The smallest absolute Gasteiger partial charge is 0.261 e. The van der Waals surface area contributed by atoms with Gasteiger partial charge in [0, 0.05) is 31.0 Å². The molecule has 0 bridgehead atoms. The third-order valence-electron chi connectivity index (χ3n) is 12.8. The first-order chi connectivity index (χ1) is 30.0. The van der Waals surface area contributed by atoms with Gasteiger partial charge in [0.05, 0.1) is 17.4 Å². The Morgan fingerprint density at radius 3 is 2.05 bits per heavy atom. The summed E-state index contributed by atoms with van der Waals surface area (Å²) >= 11 is 0. The minimum absolute atomic E-state index is 0.0139. The Balaban J connectivity index is 1.03. The molecule has 9 nitrogen and oxygen atoms in total. The average molecular weight is 804 g/mol. The zero-order valence-corrected chi connectivity index (χ0v) is 34.7. The summed E-state index contributed by atoms with van der Waals surface area (Å²) in [5.74, 6) is 1.46. The molecule has 2 aliphatic rings. The van der Waals surface area contributed by atoms with E-state index in [-0.39, 0.29) is 5.56 Å². The molecule has 0 radical (unpaired) electrons. The summed E-state index contributed by atoms with van der Waals surface area (Å²) in [5.41, 5.74) is 7.47. The van der Waals surface area contributed by atoms with Crippen LogP contribution >= 0.6 is 0 Å². The van der Waals surface area contributed by atoms with Crippen molar-refractivity contribution in [3.05, 3.63) is 202 Å². The van der Waals surface area contributed by atoms with Gasteiger partial charge >= 0.3 is 0 Å². The number of nitrogens with zero attached hydrogens (tertiary/aromatic N) is 7. The summed E-state index contributed by atoms with van der Waals surface area (Å²) in [6, 6.07) is 54.7. The Morgan fingerprint density at radius 1 is 0.770 bits per heavy atom. The quantitative estimate of drug-likeness (QED) is 0.114. The van der Waals surface area contributed by atoms with E-state index in [0.717, 1.165) is 94.5 Å². The highest BCUT2D eigenvalue weighted by Crippen LogP contribution is 2.45. The minimum atomic E-state index is -0.879. The molecule has 8 aromatic rings. The van der Waals surface area contributed by atoms with Crippen molar-refractivity contribution >= 4 is 10.9 Å². The number of aromatic nitrogens is 6. The highest BCUT2D eigenvalue weighted by Gasteiger charge is 2.46. The second kappa shape index (κ2) is 16.1. The molecule has 0 amide bonds. The van der Waals surface area contributed by atoms with Gasteiger partial charge in [-0.05, 0) is 87.7 Å². The maximum absolute atomic E-state index is 14.5. The van der Waals surface area contributed by atoms with Crippen molar-refractivity contribution in [1.29, 1.82) is 0 Å². The van der Waals surface area contributed by atoms with Crippen molar-refractivity contribution in [3.63, 3.8) is 0 Å². The Kier molecular flexibility index (Phi) is 10.2. The molecule has 4 heterocycles. The van der Waals surface area contributed by atoms with Crippen LogP contribution in [-0.4, -0.2) is 47.4 Å². The Labute approximate surface area is 356 Å². The molecule has 9 heteroatoms. The van der Waals surface area contributed by atoms with Crippen molar-refractivity contribution in [1.82, 2.24) is 34.8 Å². The van der Waals surface area contributed by atoms with E-state index < -0.39 is 11.1 Å². The van der Waals surface area contributed by atoms with Crippen LogP contribution in [0, 0.1) is 0 Å².